The lowest BCUT2D eigenvalue weighted by Gasteiger charge is -2.34. The minimum Gasteiger partial charge on any atom is -0.310 e. The third kappa shape index (κ3) is 4.95. The van der Waals surface area contributed by atoms with E-state index >= 15 is 0 Å². The Labute approximate surface area is 340 Å². The molecule has 9 aromatic rings. The van der Waals surface area contributed by atoms with E-state index in [1.807, 2.05) is 47.4 Å². The van der Waals surface area contributed by atoms with Gasteiger partial charge in [-0.2, -0.15) is 0 Å². The molecular weight excluding hydrogens is 687 g/mol. The average Bonchev–Trinajstić information content (AvgIpc) is 3.73. The summed E-state index contributed by atoms with van der Waals surface area (Å²) >= 11 is 0. The van der Waals surface area contributed by atoms with Crippen molar-refractivity contribution in [1.29, 1.82) is 0 Å². The molecule has 0 N–H and O–H groups in total. The number of nitrogens with zero attached hydrogens (tertiary/aromatic N) is 1. The van der Waals surface area contributed by atoms with Gasteiger partial charge in [-0.25, -0.2) is 0 Å². The molecule has 9 aromatic carbocycles. The zero-order chi connectivity index (χ0) is 41.6. The van der Waals surface area contributed by atoms with Crippen molar-refractivity contribution < 1.29 is 5.48 Å². The molecule has 0 radical (unpaired) electrons. The molecule has 2 aliphatic carbocycles. The molecule has 0 heterocycles. The van der Waals surface area contributed by atoms with Gasteiger partial charge >= 0.3 is 0 Å². The van der Waals surface area contributed by atoms with Crippen LogP contribution < -0.4 is 4.90 Å². The van der Waals surface area contributed by atoms with Gasteiger partial charge < -0.3 is 4.90 Å². The van der Waals surface area contributed by atoms with Crippen molar-refractivity contribution in [2.24, 2.45) is 0 Å². The summed E-state index contributed by atoms with van der Waals surface area (Å²) in [5, 5.41) is 2.03. The third-order valence-corrected chi connectivity index (χ3v) is 12.4. The van der Waals surface area contributed by atoms with Gasteiger partial charge in [0.2, 0.25) is 0 Å². The Morgan fingerprint density at radius 1 is 0.439 bits per heavy atom. The van der Waals surface area contributed by atoms with Gasteiger partial charge in [-0.1, -0.05) is 190 Å². The fraction of sp³-hybridized carbons (Fsp3) is 0.0714. The Morgan fingerprint density at radius 3 is 1.84 bits per heavy atom. The van der Waals surface area contributed by atoms with E-state index in [0.29, 0.717) is 11.1 Å². The Kier molecular flexibility index (Phi) is 6.59. The fourth-order valence-corrected chi connectivity index (χ4v) is 9.82. The second kappa shape index (κ2) is 12.8. The lowest BCUT2D eigenvalue weighted by atomic mass is 9.68. The average molecular weight is 732 g/mol. The van der Waals surface area contributed by atoms with Crippen molar-refractivity contribution in [3.8, 4) is 33.4 Å². The minimum atomic E-state index is -0.673. The Bertz CT molecular complexity index is 3190. The van der Waals surface area contributed by atoms with E-state index < -0.39 is 5.41 Å². The summed E-state index contributed by atoms with van der Waals surface area (Å²) in [4.78, 5) is 2.05. The second-order valence-corrected chi connectivity index (χ2v) is 15.7. The van der Waals surface area contributed by atoms with E-state index in [1.54, 1.807) is 0 Å². The first kappa shape index (κ1) is 29.3. The van der Waals surface area contributed by atoms with Crippen LogP contribution in [0.4, 0.5) is 17.1 Å². The van der Waals surface area contributed by atoms with Crippen LogP contribution in [0.1, 0.15) is 52.7 Å². The van der Waals surface area contributed by atoms with Crippen LogP contribution in [0.25, 0.3) is 44.2 Å². The van der Waals surface area contributed by atoms with E-state index in [4.69, 9.17) is 0 Å². The van der Waals surface area contributed by atoms with Crippen LogP contribution in [0.2, 0.25) is 0 Å². The second-order valence-electron chi connectivity index (χ2n) is 15.7. The first-order valence-electron chi connectivity index (χ1n) is 21.7. The standard InChI is InChI=1S/C56H41N/c1-55(2)49-27-13-11-25-46(49)47-34-33-45(37-52(47)55)57(44-24-15-19-40(36-44)41-32-31-38-17-9-10-18-39(38)35-41)53-30-16-29-51-54(53)48-26-12-14-28-50(48)56(51,42-20-5-3-6-21-42)43-22-7-4-8-23-43/h3-37H,1-2H3/i15D,19D,24D,36D. The van der Waals surface area contributed by atoms with Gasteiger partial charge in [-0.15, -0.1) is 0 Å². The number of rotatable bonds is 6. The number of benzene rings is 9. The van der Waals surface area contributed by atoms with Crippen LogP contribution in [0.3, 0.4) is 0 Å². The van der Waals surface area contributed by atoms with Gasteiger partial charge in [0.25, 0.3) is 0 Å². The summed E-state index contributed by atoms with van der Waals surface area (Å²) < 4.78 is 38.6. The quantitative estimate of drug-likeness (QED) is 0.165. The highest BCUT2D eigenvalue weighted by Gasteiger charge is 2.47. The summed E-state index contributed by atoms with van der Waals surface area (Å²) in [6.45, 7) is 4.52. The van der Waals surface area contributed by atoms with Gasteiger partial charge in [0.05, 0.1) is 16.6 Å². The van der Waals surface area contributed by atoms with Crippen molar-refractivity contribution >= 4 is 27.8 Å². The van der Waals surface area contributed by atoms with Crippen LogP contribution in [-0.2, 0) is 10.8 Å². The molecule has 0 amide bonds. The highest BCUT2D eigenvalue weighted by atomic mass is 15.1. The summed E-state index contributed by atoms with van der Waals surface area (Å²) in [6, 6.07) is 65.0. The summed E-state index contributed by atoms with van der Waals surface area (Å²) in [5.41, 5.74) is 13.2. The molecule has 0 bridgehead atoms. The molecule has 57 heavy (non-hydrogen) atoms. The van der Waals surface area contributed by atoms with Crippen molar-refractivity contribution in [3.05, 3.63) is 246 Å². The highest BCUT2D eigenvalue weighted by Crippen LogP contribution is 2.60. The lowest BCUT2D eigenvalue weighted by molar-refractivity contribution is 0.660. The Morgan fingerprint density at radius 2 is 1.07 bits per heavy atom. The van der Waals surface area contributed by atoms with Gasteiger partial charge in [0.15, 0.2) is 0 Å². The van der Waals surface area contributed by atoms with Crippen LogP contribution in [0.5, 0.6) is 0 Å². The van der Waals surface area contributed by atoms with E-state index in [-0.39, 0.29) is 35.3 Å². The number of hydrogen-bond donors (Lipinski definition) is 0. The Balaban J connectivity index is 1.25. The number of hydrogen-bond acceptors (Lipinski definition) is 1. The van der Waals surface area contributed by atoms with Crippen molar-refractivity contribution in [2.45, 2.75) is 24.7 Å². The van der Waals surface area contributed by atoms with Gasteiger partial charge in [-0.05, 0) is 108 Å². The Hall–Kier alpha value is -6.96. The molecule has 11 rings (SSSR count). The molecule has 0 saturated carbocycles. The molecule has 270 valence electrons. The van der Waals surface area contributed by atoms with E-state index in [2.05, 4.69) is 159 Å². The molecular formula is C56H41N. The first-order valence-corrected chi connectivity index (χ1v) is 19.7. The molecule has 1 nitrogen and oxygen atoms in total. The van der Waals surface area contributed by atoms with Gasteiger partial charge in [0, 0.05) is 22.4 Å². The van der Waals surface area contributed by atoms with Crippen molar-refractivity contribution in [2.75, 3.05) is 4.90 Å². The van der Waals surface area contributed by atoms with Gasteiger partial charge in [0.1, 0.15) is 0 Å². The van der Waals surface area contributed by atoms with E-state index in [1.165, 1.54) is 11.1 Å². The molecule has 0 spiro atoms. The maximum atomic E-state index is 10.2. The fourth-order valence-electron chi connectivity index (χ4n) is 9.82. The van der Waals surface area contributed by atoms with E-state index in [0.717, 1.165) is 66.7 Å². The predicted octanol–water partition coefficient (Wildman–Crippen LogP) is 14.6. The molecule has 0 unspecified atom stereocenters. The first-order chi connectivity index (χ1) is 29.7. The summed E-state index contributed by atoms with van der Waals surface area (Å²) in [6.07, 6.45) is 0. The lowest BCUT2D eigenvalue weighted by Crippen LogP contribution is -2.28. The van der Waals surface area contributed by atoms with Gasteiger partial charge in [-0.3, -0.25) is 0 Å². The molecule has 1 heteroatoms. The largest absolute Gasteiger partial charge is 0.310 e. The summed E-state index contributed by atoms with van der Waals surface area (Å²) in [7, 11) is 0. The van der Waals surface area contributed by atoms with E-state index in [9.17, 15) is 5.48 Å². The summed E-state index contributed by atoms with van der Waals surface area (Å²) in [5.74, 6) is 0. The minimum absolute atomic E-state index is 0.0330. The number of anilines is 3. The zero-order valence-electron chi connectivity index (χ0n) is 35.8. The van der Waals surface area contributed by atoms with Crippen molar-refractivity contribution in [3.63, 3.8) is 0 Å². The normalized spacial score (nSPS) is 15.1. The van der Waals surface area contributed by atoms with Crippen LogP contribution >= 0.6 is 0 Å². The highest BCUT2D eigenvalue weighted by molar-refractivity contribution is 5.98. The third-order valence-electron chi connectivity index (χ3n) is 12.4. The SMILES string of the molecule is [2H]c1c([2H])c(-c2ccc3ccccc3c2)c([2H])c(N(c2ccc3c(c2)C(C)(C)c2ccccc2-3)c2cccc3c2-c2ccccc2C3(c2ccccc2)c2ccccc2)c1[2H]. The molecule has 0 aromatic heterocycles. The maximum absolute atomic E-state index is 10.2. The van der Waals surface area contributed by atoms with Crippen molar-refractivity contribution in [1.82, 2.24) is 0 Å². The zero-order valence-corrected chi connectivity index (χ0v) is 31.8. The van der Waals surface area contributed by atoms with Crippen LogP contribution in [0.15, 0.2) is 212 Å². The molecule has 2 aliphatic rings. The maximum Gasteiger partial charge on any atom is 0.0714 e. The van der Waals surface area contributed by atoms with Crippen LogP contribution in [0, 0.1) is 0 Å². The topological polar surface area (TPSA) is 3.24 Å². The molecule has 0 aliphatic heterocycles. The van der Waals surface area contributed by atoms with Crippen LogP contribution in [-0.4, -0.2) is 0 Å². The molecule has 0 atom stereocenters. The smallest absolute Gasteiger partial charge is 0.0714 e. The molecule has 0 saturated heterocycles. The number of fused-ring (bicyclic) bond motifs is 7. The monoisotopic (exact) mass is 731 g/mol. The molecule has 0 fully saturated rings. The predicted molar refractivity (Wildman–Crippen MR) is 239 cm³/mol.